The number of anilines is 1. The highest BCUT2D eigenvalue weighted by atomic mass is 35.5. The van der Waals surface area contributed by atoms with E-state index >= 15 is 0 Å². The Bertz CT molecular complexity index is 1180. The minimum Gasteiger partial charge on any atom is -0.481 e. The molecule has 0 bridgehead atoms. The van der Waals surface area contributed by atoms with Crippen LogP contribution in [0.2, 0.25) is 5.02 Å². The molecule has 0 aromatic heterocycles. The third-order valence-corrected chi connectivity index (χ3v) is 8.20. The van der Waals surface area contributed by atoms with Gasteiger partial charge >= 0.3 is 5.97 Å². The smallest absolute Gasteiger partial charge is 0.303 e. The van der Waals surface area contributed by atoms with Crippen molar-refractivity contribution in [2.24, 2.45) is 5.92 Å². The lowest BCUT2D eigenvalue weighted by Gasteiger charge is -2.55. The summed E-state index contributed by atoms with van der Waals surface area (Å²) in [5.41, 5.74) is 1.49. The van der Waals surface area contributed by atoms with Crippen molar-refractivity contribution in [3.8, 4) is 0 Å². The molecule has 8 heteroatoms. The van der Waals surface area contributed by atoms with Crippen molar-refractivity contribution in [1.29, 1.82) is 0 Å². The number of amides is 2. The average molecular weight is 499 g/mol. The summed E-state index contributed by atoms with van der Waals surface area (Å²) in [6.45, 7) is 0. The number of fused-ring (bicyclic) bond motifs is 2. The first-order valence-corrected chi connectivity index (χ1v) is 12.6. The predicted molar refractivity (Wildman–Crippen MR) is 130 cm³/mol. The molecule has 2 aromatic carbocycles. The first-order chi connectivity index (χ1) is 16.8. The van der Waals surface area contributed by atoms with Gasteiger partial charge in [-0.1, -0.05) is 30.2 Å². The van der Waals surface area contributed by atoms with E-state index in [2.05, 4.69) is 5.32 Å². The Morgan fingerprint density at radius 3 is 2.57 bits per heavy atom. The maximum atomic E-state index is 14.0. The first kappa shape index (κ1) is 23.8. The van der Waals surface area contributed by atoms with Crippen LogP contribution in [0.3, 0.4) is 0 Å². The number of carboxylic acid groups (broad SMARTS) is 1. The van der Waals surface area contributed by atoms with E-state index in [4.69, 9.17) is 16.7 Å². The molecule has 1 heterocycles. The number of halogens is 2. The molecule has 5 rings (SSSR count). The van der Waals surface area contributed by atoms with Crippen LogP contribution in [-0.4, -0.2) is 34.5 Å². The Morgan fingerprint density at radius 2 is 1.89 bits per heavy atom. The highest BCUT2D eigenvalue weighted by molar-refractivity contribution is 6.31. The van der Waals surface area contributed by atoms with Crippen LogP contribution >= 0.6 is 11.6 Å². The lowest BCUT2D eigenvalue weighted by atomic mass is 9.59. The van der Waals surface area contributed by atoms with Crippen LogP contribution < -0.4 is 10.2 Å². The van der Waals surface area contributed by atoms with Crippen molar-refractivity contribution < 1.29 is 23.9 Å². The van der Waals surface area contributed by atoms with Crippen molar-refractivity contribution in [2.75, 3.05) is 4.90 Å². The summed E-state index contributed by atoms with van der Waals surface area (Å²) in [5.74, 6) is -1.85. The van der Waals surface area contributed by atoms with Gasteiger partial charge < -0.3 is 15.3 Å². The summed E-state index contributed by atoms with van der Waals surface area (Å²) in [7, 11) is 0. The van der Waals surface area contributed by atoms with Crippen molar-refractivity contribution in [3.05, 3.63) is 64.4 Å². The zero-order valence-corrected chi connectivity index (χ0v) is 20.1. The number of carbonyl (C=O) groups excluding carboxylic acids is 2. The maximum Gasteiger partial charge on any atom is 0.303 e. The SMILES string of the molecule is O=C(O)CCC(=O)NC1(C2c3ccc(Cl)cc3N(C(=O)c3cccc(F)c3)C3CCCC32)CCC1. The zero-order valence-electron chi connectivity index (χ0n) is 19.3. The van der Waals surface area contributed by atoms with E-state index in [1.165, 1.54) is 18.2 Å². The van der Waals surface area contributed by atoms with E-state index in [1.807, 2.05) is 12.1 Å². The molecular formula is C27H28ClFN2O4. The lowest BCUT2D eigenvalue weighted by Crippen LogP contribution is -2.62. The maximum absolute atomic E-state index is 14.0. The standard InChI is InChI=1S/C27H28ClFN2O4/c28-17-8-9-20-22(15-17)31(26(35)16-4-1-5-18(29)14-16)21-7-2-6-19(21)25(20)27(12-3-13-27)30-23(32)10-11-24(33)34/h1,4-5,8-9,14-15,19,21,25H,2-3,6-7,10-13H2,(H,30,32)(H,33,34). The van der Waals surface area contributed by atoms with Crippen molar-refractivity contribution >= 4 is 35.1 Å². The number of nitrogens with zero attached hydrogens (tertiary/aromatic N) is 1. The molecule has 0 radical (unpaired) electrons. The van der Waals surface area contributed by atoms with Gasteiger partial charge in [-0.05, 0) is 73.9 Å². The van der Waals surface area contributed by atoms with Gasteiger partial charge in [0.05, 0.1) is 6.42 Å². The highest BCUT2D eigenvalue weighted by Crippen LogP contribution is 2.58. The number of hydrogen-bond donors (Lipinski definition) is 2. The minimum atomic E-state index is -0.997. The van der Waals surface area contributed by atoms with Crippen LogP contribution in [0.4, 0.5) is 10.1 Å². The number of benzene rings is 2. The summed E-state index contributed by atoms with van der Waals surface area (Å²) in [6.07, 6.45) is 5.00. The fourth-order valence-corrected chi connectivity index (χ4v) is 6.60. The third kappa shape index (κ3) is 4.31. The Hall–Kier alpha value is -2.93. The fourth-order valence-electron chi connectivity index (χ4n) is 6.44. The number of hydrogen-bond acceptors (Lipinski definition) is 3. The average Bonchev–Trinajstić information content (AvgIpc) is 3.27. The van der Waals surface area contributed by atoms with Gasteiger partial charge in [-0.15, -0.1) is 0 Å². The summed E-state index contributed by atoms with van der Waals surface area (Å²) in [4.78, 5) is 39.3. The topological polar surface area (TPSA) is 86.7 Å². The van der Waals surface area contributed by atoms with E-state index in [0.29, 0.717) is 16.3 Å². The summed E-state index contributed by atoms with van der Waals surface area (Å²) in [6, 6.07) is 11.2. The zero-order chi connectivity index (χ0) is 24.7. The molecule has 2 aliphatic carbocycles. The third-order valence-electron chi connectivity index (χ3n) is 7.96. The molecule has 2 saturated carbocycles. The molecule has 2 N–H and O–H groups in total. The van der Waals surface area contributed by atoms with Crippen molar-refractivity contribution in [3.63, 3.8) is 0 Å². The van der Waals surface area contributed by atoms with Gasteiger partial charge in [0.1, 0.15) is 5.82 Å². The highest BCUT2D eigenvalue weighted by Gasteiger charge is 2.56. The van der Waals surface area contributed by atoms with E-state index in [9.17, 15) is 18.8 Å². The molecule has 3 aliphatic rings. The Morgan fingerprint density at radius 1 is 1.09 bits per heavy atom. The van der Waals surface area contributed by atoms with Crippen molar-refractivity contribution in [2.45, 2.75) is 68.9 Å². The number of carboxylic acids is 1. The summed E-state index contributed by atoms with van der Waals surface area (Å²) >= 11 is 6.40. The molecule has 35 heavy (non-hydrogen) atoms. The second-order valence-corrected chi connectivity index (χ2v) is 10.4. The largest absolute Gasteiger partial charge is 0.481 e. The van der Waals surface area contributed by atoms with Crippen LogP contribution in [0.1, 0.15) is 73.2 Å². The summed E-state index contributed by atoms with van der Waals surface area (Å²) < 4.78 is 14.0. The van der Waals surface area contributed by atoms with Crippen LogP contribution in [0, 0.1) is 11.7 Å². The van der Waals surface area contributed by atoms with Crippen LogP contribution in [0.25, 0.3) is 0 Å². The van der Waals surface area contributed by atoms with E-state index in [1.54, 1.807) is 17.0 Å². The molecule has 6 nitrogen and oxygen atoms in total. The quantitative estimate of drug-likeness (QED) is 0.566. The predicted octanol–water partition coefficient (Wildman–Crippen LogP) is 5.30. The van der Waals surface area contributed by atoms with E-state index in [0.717, 1.165) is 44.1 Å². The second-order valence-electron chi connectivity index (χ2n) is 9.98. The molecule has 0 spiro atoms. The van der Waals surface area contributed by atoms with Gasteiger partial charge in [0.2, 0.25) is 5.91 Å². The van der Waals surface area contributed by atoms with Crippen LogP contribution in [-0.2, 0) is 9.59 Å². The first-order valence-electron chi connectivity index (χ1n) is 12.2. The molecule has 184 valence electrons. The Kier molecular flexibility index (Phi) is 6.30. The van der Waals surface area contributed by atoms with E-state index < -0.39 is 17.3 Å². The molecule has 3 atom stereocenters. The monoisotopic (exact) mass is 498 g/mol. The molecule has 2 fully saturated rings. The number of nitrogens with one attached hydrogen (secondary N) is 1. The fraction of sp³-hybridized carbons (Fsp3) is 0.444. The van der Waals surface area contributed by atoms with Gasteiger partial charge in [-0.2, -0.15) is 0 Å². The normalized spacial score (nSPS) is 24.2. The number of rotatable bonds is 6. The van der Waals surface area contributed by atoms with Crippen molar-refractivity contribution in [1.82, 2.24) is 5.32 Å². The van der Waals surface area contributed by atoms with Gasteiger partial charge in [0, 0.05) is 40.2 Å². The van der Waals surface area contributed by atoms with E-state index in [-0.39, 0.29) is 42.5 Å². The molecule has 2 aromatic rings. The van der Waals surface area contributed by atoms with Gasteiger partial charge in [0.15, 0.2) is 0 Å². The minimum absolute atomic E-state index is 0.0126. The molecule has 3 unspecified atom stereocenters. The van der Waals surface area contributed by atoms with Gasteiger partial charge in [0.25, 0.3) is 5.91 Å². The molecule has 2 amide bonds. The summed E-state index contributed by atoms with van der Waals surface area (Å²) in [5, 5.41) is 12.7. The lowest BCUT2D eigenvalue weighted by molar-refractivity contribution is -0.139. The Balaban J connectivity index is 1.56. The Labute approximate surface area is 208 Å². The van der Waals surface area contributed by atoms with Crippen LogP contribution in [0.15, 0.2) is 42.5 Å². The van der Waals surface area contributed by atoms with Gasteiger partial charge in [-0.3, -0.25) is 14.4 Å². The molecular weight excluding hydrogens is 471 g/mol. The van der Waals surface area contributed by atoms with Gasteiger partial charge in [-0.25, -0.2) is 4.39 Å². The molecule has 0 saturated heterocycles. The number of carbonyl (C=O) groups is 3. The molecule has 1 aliphatic heterocycles. The van der Waals surface area contributed by atoms with Crippen LogP contribution in [0.5, 0.6) is 0 Å². The second kappa shape index (κ2) is 9.26. The number of aliphatic carboxylic acids is 1.